The maximum Gasteiger partial charge on any atom is 0.165 e. The minimum Gasteiger partial charge on any atom is -0.493 e. The summed E-state index contributed by atoms with van der Waals surface area (Å²) in [5, 5.41) is 0. The number of ether oxygens (including phenoxy) is 1. The predicted molar refractivity (Wildman–Crippen MR) is 65.2 cm³/mol. The molecule has 15 heavy (non-hydrogen) atoms. The molecule has 1 aromatic carbocycles. The highest BCUT2D eigenvalue weighted by Crippen LogP contribution is 2.25. The third-order valence-electron chi connectivity index (χ3n) is 1.90. The molecule has 0 amide bonds. The number of benzene rings is 1. The molecule has 1 rings (SSSR count). The number of para-hydroxylation sites is 1. The van der Waals surface area contributed by atoms with Crippen LogP contribution < -0.4 is 10.5 Å². The molecular formula is C11H17BrFNO. The first-order valence-electron chi connectivity index (χ1n) is 4.54. The highest BCUT2D eigenvalue weighted by molar-refractivity contribution is 8.93. The molecule has 2 nitrogen and oxygen atoms in total. The first kappa shape index (κ1) is 14.4. The van der Waals surface area contributed by atoms with Gasteiger partial charge in [-0.1, -0.05) is 12.1 Å². The Bertz CT molecular complexity index is 323. The normalized spacial score (nSPS) is 10.7. The van der Waals surface area contributed by atoms with E-state index >= 15 is 0 Å². The summed E-state index contributed by atoms with van der Waals surface area (Å²) in [6.07, 6.45) is 0.591. The second-order valence-electron chi connectivity index (χ2n) is 4.10. The van der Waals surface area contributed by atoms with Gasteiger partial charge in [0.05, 0.1) is 7.11 Å². The van der Waals surface area contributed by atoms with Crippen LogP contribution in [0.25, 0.3) is 0 Å². The van der Waals surface area contributed by atoms with E-state index in [2.05, 4.69) is 0 Å². The van der Waals surface area contributed by atoms with Crippen molar-refractivity contribution in [2.45, 2.75) is 25.8 Å². The summed E-state index contributed by atoms with van der Waals surface area (Å²) in [7, 11) is 1.46. The smallest absolute Gasteiger partial charge is 0.165 e. The van der Waals surface area contributed by atoms with Gasteiger partial charge in [0.25, 0.3) is 0 Å². The van der Waals surface area contributed by atoms with Gasteiger partial charge < -0.3 is 10.5 Å². The summed E-state index contributed by atoms with van der Waals surface area (Å²) in [4.78, 5) is 0. The lowest BCUT2D eigenvalue weighted by Crippen LogP contribution is -2.34. The molecule has 0 fully saturated rings. The molecule has 0 aliphatic carbocycles. The van der Waals surface area contributed by atoms with E-state index in [9.17, 15) is 4.39 Å². The number of halogens is 2. The minimum absolute atomic E-state index is 0. The van der Waals surface area contributed by atoms with Gasteiger partial charge >= 0.3 is 0 Å². The monoisotopic (exact) mass is 277 g/mol. The lowest BCUT2D eigenvalue weighted by atomic mass is 9.95. The molecular weight excluding hydrogens is 261 g/mol. The SMILES string of the molecule is Br.COc1c(F)cccc1CC(C)(C)N. The fourth-order valence-corrected chi connectivity index (χ4v) is 1.41. The summed E-state index contributed by atoms with van der Waals surface area (Å²) in [6, 6.07) is 4.88. The van der Waals surface area contributed by atoms with Crippen LogP contribution in [0, 0.1) is 5.82 Å². The van der Waals surface area contributed by atoms with E-state index < -0.39 is 0 Å². The molecule has 0 heterocycles. The highest BCUT2D eigenvalue weighted by Gasteiger charge is 2.16. The maximum atomic E-state index is 13.3. The molecule has 0 atom stereocenters. The zero-order valence-corrected chi connectivity index (χ0v) is 10.9. The van der Waals surface area contributed by atoms with Crippen molar-refractivity contribution in [2.75, 3.05) is 7.11 Å². The van der Waals surface area contributed by atoms with Crippen molar-refractivity contribution in [3.63, 3.8) is 0 Å². The van der Waals surface area contributed by atoms with Crippen molar-refractivity contribution in [3.8, 4) is 5.75 Å². The topological polar surface area (TPSA) is 35.2 Å². The summed E-state index contributed by atoms with van der Waals surface area (Å²) in [6.45, 7) is 3.80. The van der Waals surface area contributed by atoms with Gasteiger partial charge in [-0.2, -0.15) is 0 Å². The number of nitrogens with two attached hydrogens (primary N) is 1. The van der Waals surface area contributed by atoms with Crippen LogP contribution in [-0.2, 0) is 6.42 Å². The molecule has 0 aromatic heterocycles. The van der Waals surface area contributed by atoms with E-state index in [1.54, 1.807) is 6.07 Å². The zero-order valence-electron chi connectivity index (χ0n) is 9.21. The van der Waals surface area contributed by atoms with Crippen LogP contribution in [0.2, 0.25) is 0 Å². The Balaban J connectivity index is 0.00000196. The fraction of sp³-hybridized carbons (Fsp3) is 0.455. The Morgan fingerprint density at radius 3 is 2.47 bits per heavy atom. The molecule has 0 aliphatic heterocycles. The second kappa shape index (κ2) is 5.47. The lowest BCUT2D eigenvalue weighted by molar-refractivity contribution is 0.376. The van der Waals surface area contributed by atoms with Crippen molar-refractivity contribution in [1.82, 2.24) is 0 Å². The third-order valence-corrected chi connectivity index (χ3v) is 1.90. The highest BCUT2D eigenvalue weighted by atomic mass is 79.9. The minimum atomic E-state index is -0.360. The molecule has 0 spiro atoms. The van der Waals surface area contributed by atoms with Crippen molar-refractivity contribution < 1.29 is 9.13 Å². The van der Waals surface area contributed by atoms with E-state index in [1.807, 2.05) is 19.9 Å². The van der Waals surface area contributed by atoms with Crippen molar-refractivity contribution in [2.24, 2.45) is 5.73 Å². The Labute approximate surface area is 100 Å². The van der Waals surface area contributed by atoms with E-state index in [0.717, 1.165) is 5.56 Å². The van der Waals surface area contributed by atoms with Gasteiger partial charge in [0.15, 0.2) is 11.6 Å². The number of methoxy groups -OCH3 is 1. The molecule has 86 valence electrons. The van der Waals surface area contributed by atoms with Crippen LogP contribution >= 0.6 is 17.0 Å². The van der Waals surface area contributed by atoms with Crippen molar-refractivity contribution in [1.29, 1.82) is 0 Å². The zero-order chi connectivity index (χ0) is 10.8. The number of hydrogen-bond donors (Lipinski definition) is 1. The molecule has 0 aliphatic rings. The van der Waals surface area contributed by atoms with Gasteiger partial charge in [-0.05, 0) is 31.9 Å². The molecule has 0 radical (unpaired) electrons. The van der Waals surface area contributed by atoms with Gasteiger partial charge in [0, 0.05) is 5.54 Å². The van der Waals surface area contributed by atoms with Crippen LogP contribution in [-0.4, -0.2) is 12.6 Å². The summed E-state index contributed by atoms with van der Waals surface area (Å²) in [5.41, 5.74) is 6.31. The Hall–Kier alpha value is -0.610. The van der Waals surface area contributed by atoms with Crippen LogP contribution in [0.4, 0.5) is 4.39 Å². The Morgan fingerprint density at radius 2 is 2.00 bits per heavy atom. The van der Waals surface area contributed by atoms with Crippen molar-refractivity contribution >= 4 is 17.0 Å². The van der Waals surface area contributed by atoms with E-state index in [-0.39, 0.29) is 28.3 Å². The Morgan fingerprint density at radius 1 is 1.40 bits per heavy atom. The van der Waals surface area contributed by atoms with E-state index in [4.69, 9.17) is 10.5 Å². The largest absolute Gasteiger partial charge is 0.493 e. The first-order valence-corrected chi connectivity index (χ1v) is 4.54. The second-order valence-corrected chi connectivity index (χ2v) is 4.10. The van der Waals surface area contributed by atoms with E-state index in [1.165, 1.54) is 13.2 Å². The standard InChI is InChI=1S/C11H16FNO.BrH/c1-11(2,13)7-8-5-4-6-9(12)10(8)14-3;/h4-6H,7,13H2,1-3H3;1H. The third kappa shape index (κ3) is 4.18. The summed E-state index contributed by atoms with van der Waals surface area (Å²) >= 11 is 0. The molecule has 0 saturated carbocycles. The van der Waals surface area contributed by atoms with Gasteiger partial charge in [-0.15, -0.1) is 17.0 Å². The molecule has 4 heteroatoms. The lowest BCUT2D eigenvalue weighted by Gasteiger charge is -2.20. The van der Waals surface area contributed by atoms with Gasteiger partial charge in [-0.25, -0.2) is 4.39 Å². The van der Waals surface area contributed by atoms with Gasteiger partial charge in [0.1, 0.15) is 0 Å². The Kier molecular flexibility index (Phi) is 5.24. The van der Waals surface area contributed by atoms with Crippen LogP contribution in [0.15, 0.2) is 18.2 Å². The van der Waals surface area contributed by atoms with Crippen molar-refractivity contribution in [3.05, 3.63) is 29.6 Å². The molecule has 1 aromatic rings. The van der Waals surface area contributed by atoms with Gasteiger partial charge in [0.2, 0.25) is 0 Å². The fourth-order valence-electron chi connectivity index (χ4n) is 1.41. The van der Waals surface area contributed by atoms with Crippen LogP contribution in [0.1, 0.15) is 19.4 Å². The first-order chi connectivity index (χ1) is 6.44. The van der Waals surface area contributed by atoms with Crippen LogP contribution in [0.3, 0.4) is 0 Å². The number of hydrogen-bond acceptors (Lipinski definition) is 2. The predicted octanol–water partition coefficient (Wildman–Crippen LogP) is 2.69. The van der Waals surface area contributed by atoms with Crippen LogP contribution in [0.5, 0.6) is 5.75 Å². The molecule has 0 unspecified atom stereocenters. The van der Waals surface area contributed by atoms with Gasteiger partial charge in [-0.3, -0.25) is 0 Å². The summed E-state index contributed by atoms with van der Waals surface area (Å²) < 4.78 is 18.3. The number of rotatable bonds is 3. The van der Waals surface area contributed by atoms with E-state index in [0.29, 0.717) is 12.2 Å². The molecule has 0 saturated heterocycles. The maximum absolute atomic E-state index is 13.3. The average molecular weight is 278 g/mol. The quantitative estimate of drug-likeness (QED) is 0.922. The average Bonchev–Trinajstić information content (AvgIpc) is 2.01. The summed E-state index contributed by atoms with van der Waals surface area (Å²) in [5.74, 6) is -0.0414. The molecule has 2 N–H and O–H groups in total. The molecule has 0 bridgehead atoms.